The number of carboxylic acid groups (broad SMARTS) is 1. The van der Waals surface area contributed by atoms with E-state index in [9.17, 15) is 14.4 Å². The van der Waals surface area contributed by atoms with E-state index in [1.54, 1.807) is 0 Å². The van der Waals surface area contributed by atoms with Crippen LogP contribution in [0.2, 0.25) is 0 Å². The zero-order valence-electron chi connectivity index (χ0n) is 10.2. The first kappa shape index (κ1) is 15.2. The lowest BCUT2D eigenvalue weighted by atomic mass is 10.3. The van der Waals surface area contributed by atoms with E-state index in [2.05, 4.69) is 16.0 Å². The van der Waals surface area contributed by atoms with Gasteiger partial charge in [-0.25, -0.2) is 4.79 Å². The zero-order chi connectivity index (χ0) is 13.4. The molecule has 98 valence electrons. The lowest BCUT2D eigenvalue weighted by molar-refractivity contribution is -0.138. The molecule has 0 saturated heterocycles. The van der Waals surface area contributed by atoms with Gasteiger partial charge in [-0.1, -0.05) is 6.92 Å². The summed E-state index contributed by atoms with van der Waals surface area (Å²) in [7, 11) is 0. The third kappa shape index (κ3) is 6.39. The summed E-state index contributed by atoms with van der Waals surface area (Å²) < 4.78 is 0. The van der Waals surface area contributed by atoms with Gasteiger partial charge in [0, 0.05) is 6.54 Å². The number of amides is 3. The number of carboxylic acids is 1. The molecule has 7 heteroatoms. The molecular formula is C10H19N3O4. The second-order valence-electron chi connectivity index (χ2n) is 3.69. The Morgan fingerprint density at radius 2 is 1.65 bits per heavy atom. The van der Waals surface area contributed by atoms with E-state index in [4.69, 9.17) is 5.11 Å². The first-order valence-corrected chi connectivity index (χ1v) is 5.46. The van der Waals surface area contributed by atoms with Crippen LogP contribution in [0.5, 0.6) is 0 Å². The van der Waals surface area contributed by atoms with E-state index in [1.807, 2.05) is 6.92 Å². The van der Waals surface area contributed by atoms with Crippen LogP contribution in [0.3, 0.4) is 0 Å². The van der Waals surface area contributed by atoms with Gasteiger partial charge in [0.15, 0.2) is 0 Å². The minimum Gasteiger partial charge on any atom is -0.480 e. The predicted octanol–water partition coefficient (Wildman–Crippen LogP) is -0.327. The summed E-state index contributed by atoms with van der Waals surface area (Å²) >= 11 is 0. The normalized spacial score (nSPS) is 13.4. The fourth-order valence-electron chi connectivity index (χ4n) is 0.964. The van der Waals surface area contributed by atoms with Crippen molar-refractivity contribution in [3.63, 3.8) is 0 Å². The standard InChI is InChI=1S/C10H19N3O4/c1-4-5-11-8(14)6(2)12-10(17)13-7(3)9(15)16/h6-7H,4-5H2,1-3H3,(H,11,14)(H,15,16)(H2,12,13,17). The average Bonchev–Trinajstić information content (AvgIpc) is 2.25. The van der Waals surface area contributed by atoms with Crippen LogP contribution >= 0.6 is 0 Å². The van der Waals surface area contributed by atoms with Crippen molar-refractivity contribution in [2.45, 2.75) is 39.3 Å². The molecule has 2 unspecified atom stereocenters. The SMILES string of the molecule is CCCNC(=O)C(C)NC(=O)NC(C)C(=O)O. The maximum absolute atomic E-state index is 11.4. The molecule has 17 heavy (non-hydrogen) atoms. The summed E-state index contributed by atoms with van der Waals surface area (Å²) in [5.74, 6) is -1.44. The summed E-state index contributed by atoms with van der Waals surface area (Å²) in [6.45, 7) is 5.32. The molecule has 0 aliphatic rings. The maximum Gasteiger partial charge on any atom is 0.325 e. The molecule has 0 spiro atoms. The molecule has 0 rings (SSSR count). The Kier molecular flexibility index (Phi) is 6.69. The van der Waals surface area contributed by atoms with Gasteiger partial charge in [0.2, 0.25) is 5.91 Å². The molecule has 0 fully saturated rings. The monoisotopic (exact) mass is 245 g/mol. The van der Waals surface area contributed by atoms with E-state index >= 15 is 0 Å². The Morgan fingerprint density at radius 1 is 1.12 bits per heavy atom. The number of hydrogen-bond donors (Lipinski definition) is 4. The van der Waals surface area contributed by atoms with Gasteiger partial charge in [-0.05, 0) is 20.3 Å². The van der Waals surface area contributed by atoms with Gasteiger partial charge in [0.05, 0.1) is 0 Å². The van der Waals surface area contributed by atoms with E-state index in [0.717, 1.165) is 6.42 Å². The van der Waals surface area contributed by atoms with Crippen LogP contribution in [0.1, 0.15) is 27.2 Å². The number of carbonyl (C=O) groups excluding carboxylic acids is 2. The highest BCUT2D eigenvalue weighted by Crippen LogP contribution is 1.85. The quantitative estimate of drug-likeness (QED) is 0.514. The number of hydrogen-bond acceptors (Lipinski definition) is 3. The molecule has 3 amide bonds. The Balaban J connectivity index is 4.03. The Labute approximate surface area is 100.0 Å². The van der Waals surface area contributed by atoms with Crippen molar-refractivity contribution in [1.29, 1.82) is 0 Å². The highest BCUT2D eigenvalue weighted by molar-refractivity contribution is 5.88. The van der Waals surface area contributed by atoms with Gasteiger partial charge in [-0.3, -0.25) is 9.59 Å². The molecule has 0 heterocycles. The van der Waals surface area contributed by atoms with Gasteiger partial charge in [0.1, 0.15) is 12.1 Å². The Hall–Kier alpha value is -1.79. The number of carbonyl (C=O) groups is 3. The number of aliphatic carboxylic acids is 1. The molecule has 7 nitrogen and oxygen atoms in total. The molecule has 4 N–H and O–H groups in total. The molecule has 0 aromatic carbocycles. The smallest absolute Gasteiger partial charge is 0.325 e. The molecule has 0 bridgehead atoms. The van der Waals surface area contributed by atoms with Crippen molar-refractivity contribution in [3.8, 4) is 0 Å². The highest BCUT2D eigenvalue weighted by Gasteiger charge is 2.18. The van der Waals surface area contributed by atoms with Crippen molar-refractivity contribution in [1.82, 2.24) is 16.0 Å². The Morgan fingerprint density at radius 3 is 2.12 bits per heavy atom. The van der Waals surface area contributed by atoms with Crippen LogP contribution in [-0.2, 0) is 9.59 Å². The summed E-state index contributed by atoms with van der Waals surface area (Å²) in [6, 6.07) is -2.39. The Bertz CT molecular complexity index is 293. The maximum atomic E-state index is 11.4. The summed E-state index contributed by atoms with van der Waals surface area (Å²) in [6.07, 6.45) is 0.806. The molecule has 0 aliphatic carbocycles. The molecule has 0 aliphatic heterocycles. The van der Waals surface area contributed by atoms with Crippen molar-refractivity contribution in [2.75, 3.05) is 6.54 Å². The van der Waals surface area contributed by atoms with Crippen molar-refractivity contribution < 1.29 is 19.5 Å². The van der Waals surface area contributed by atoms with Gasteiger partial charge >= 0.3 is 12.0 Å². The number of urea groups is 1. The van der Waals surface area contributed by atoms with E-state index in [-0.39, 0.29) is 5.91 Å². The van der Waals surface area contributed by atoms with Crippen LogP contribution in [0, 0.1) is 0 Å². The molecule has 0 saturated carbocycles. The summed E-state index contributed by atoms with van der Waals surface area (Å²) in [4.78, 5) is 33.1. The van der Waals surface area contributed by atoms with Crippen molar-refractivity contribution in [2.24, 2.45) is 0 Å². The van der Waals surface area contributed by atoms with Gasteiger partial charge in [-0.2, -0.15) is 0 Å². The van der Waals surface area contributed by atoms with Crippen LogP contribution in [0.15, 0.2) is 0 Å². The number of nitrogens with one attached hydrogen (secondary N) is 3. The minimum absolute atomic E-state index is 0.301. The lowest BCUT2D eigenvalue weighted by Gasteiger charge is -2.15. The largest absolute Gasteiger partial charge is 0.480 e. The summed E-state index contributed by atoms with van der Waals surface area (Å²) in [5, 5.41) is 15.7. The molecular weight excluding hydrogens is 226 g/mol. The van der Waals surface area contributed by atoms with E-state index in [0.29, 0.717) is 6.54 Å². The van der Waals surface area contributed by atoms with Crippen LogP contribution in [-0.4, -0.2) is 41.6 Å². The van der Waals surface area contributed by atoms with Crippen molar-refractivity contribution in [3.05, 3.63) is 0 Å². The minimum atomic E-state index is -1.14. The second-order valence-corrected chi connectivity index (χ2v) is 3.69. The highest BCUT2D eigenvalue weighted by atomic mass is 16.4. The van der Waals surface area contributed by atoms with Crippen molar-refractivity contribution >= 4 is 17.9 Å². The van der Waals surface area contributed by atoms with E-state index < -0.39 is 24.1 Å². The fraction of sp³-hybridized carbons (Fsp3) is 0.700. The first-order chi connectivity index (χ1) is 7.88. The summed E-state index contributed by atoms with van der Waals surface area (Å²) in [5.41, 5.74) is 0. The third-order valence-electron chi connectivity index (χ3n) is 2.01. The predicted molar refractivity (Wildman–Crippen MR) is 61.5 cm³/mol. The van der Waals surface area contributed by atoms with Crippen LogP contribution in [0.4, 0.5) is 4.79 Å². The van der Waals surface area contributed by atoms with Gasteiger partial charge in [-0.15, -0.1) is 0 Å². The molecule has 0 aromatic rings. The average molecular weight is 245 g/mol. The molecule has 2 atom stereocenters. The second kappa shape index (κ2) is 7.48. The first-order valence-electron chi connectivity index (χ1n) is 5.46. The zero-order valence-corrected chi connectivity index (χ0v) is 10.2. The lowest BCUT2D eigenvalue weighted by Crippen LogP contribution is -2.51. The van der Waals surface area contributed by atoms with Crippen LogP contribution in [0.25, 0.3) is 0 Å². The third-order valence-corrected chi connectivity index (χ3v) is 2.01. The fourth-order valence-corrected chi connectivity index (χ4v) is 0.964. The van der Waals surface area contributed by atoms with Gasteiger partial charge in [0.25, 0.3) is 0 Å². The topological polar surface area (TPSA) is 108 Å². The number of rotatable bonds is 6. The van der Waals surface area contributed by atoms with Crippen LogP contribution < -0.4 is 16.0 Å². The van der Waals surface area contributed by atoms with Gasteiger partial charge < -0.3 is 21.1 Å². The molecule has 0 aromatic heterocycles. The molecule has 0 radical (unpaired) electrons. The van der Waals surface area contributed by atoms with E-state index in [1.165, 1.54) is 13.8 Å².